The number of halogens is 1. The van der Waals surface area contributed by atoms with E-state index in [1.807, 2.05) is 31.2 Å². The number of nitrogens with one attached hydrogen (secondary N) is 1. The molecule has 0 bridgehead atoms. The molecule has 1 fully saturated rings. The Labute approximate surface area is 140 Å². The van der Waals surface area contributed by atoms with Gasteiger partial charge in [0.2, 0.25) is 5.91 Å². The predicted molar refractivity (Wildman–Crippen MR) is 90.3 cm³/mol. The van der Waals surface area contributed by atoms with Crippen LogP contribution in [-0.2, 0) is 4.79 Å². The maximum absolute atomic E-state index is 13.4. The zero-order chi connectivity index (χ0) is 17.1. The summed E-state index contributed by atoms with van der Waals surface area (Å²) in [5, 5.41) is 2.89. The van der Waals surface area contributed by atoms with E-state index in [9.17, 15) is 14.0 Å². The second-order valence-electron chi connectivity index (χ2n) is 5.97. The van der Waals surface area contributed by atoms with Crippen LogP contribution in [0, 0.1) is 12.7 Å². The minimum atomic E-state index is -0.527. The molecule has 2 aromatic carbocycles. The Morgan fingerprint density at radius 1 is 1.17 bits per heavy atom. The predicted octanol–water partition coefficient (Wildman–Crippen LogP) is 3.38. The number of aryl methyl sites for hydroxylation is 1. The molecule has 0 aromatic heterocycles. The standard InChI is InChI=1S/C19H19FN2O2/c1-13-6-2-3-9-16(13)21-18(23)17-10-5-11-22(17)19(24)14-7-4-8-15(20)12-14/h2-4,6-9,12,17H,5,10-11H2,1H3,(H,21,23). The highest BCUT2D eigenvalue weighted by Crippen LogP contribution is 2.23. The minimum absolute atomic E-state index is 0.202. The third-order valence-electron chi connectivity index (χ3n) is 4.29. The average Bonchev–Trinajstić information content (AvgIpc) is 3.06. The normalized spacial score (nSPS) is 16.9. The van der Waals surface area contributed by atoms with Crippen molar-refractivity contribution in [1.29, 1.82) is 0 Å². The van der Waals surface area contributed by atoms with Gasteiger partial charge in [-0.25, -0.2) is 4.39 Å². The summed E-state index contributed by atoms with van der Waals surface area (Å²) in [6.07, 6.45) is 1.37. The van der Waals surface area contributed by atoms with Crippen LogP contribution in [0.4, 0.5) is 10.1 Å². The van der Waals surface area contributed by atoms with Crippen molar-refractivity contribution >= 4 is 17.5 Å². The lowest BCUT2D eigenvalue weighted by Gasteiger charge is -2.24. The summed E-state index contributed by atoms with van der Waals surface area (Å²) in [6.45, 7) is 2.42. The molecule has 0 aliphatic carbocycles. The average molecular weight is 326 g/mol. The maximum Gasteiger partial charge on any atom is 0.254 e. The summed E-state index contributed by atoms with van der Waals surface area (Å²) in [6, 6.07) is 12.6. The molecule has 1 aliphatic heterocycles. The van der Waals surface area contributed by atoms with Crippen molar-refractivity contribution < 1.29 is 14.0 Å². The first-order valence-electron chi connectivity index (χ1n) is 7.99. The van der Waals surface area contributed by atoms with Crippen LogP contribution in [0.2, 0.25) is 0 Å². The Hall–Kier alpha value is -2.69. The van der Waals surface area contributed by atoms with E-state index in [0.717, 1.165) is 17.7 Å². The smallest absolute Gasteiger partial charge is 0.254 e. The Kier molecular flexibility index (Phi) is 4.60. The molecule has 0 radical (unpaired) electrons. The van der Waals surface area contributed by atoms with E-state index >= 15 is 0 Å². The fraction of sp³-hybridized carbons (Fsp3) is 0.263. The lowest BCUT2D eigenvalue weighted by Crippen LogP contribution is -2.43. The number of para-hydroxylation sites is 1. The van der Waals surface area contributed by atoms with Crippen molar-refractivity contribution in [1.82, 2.24) is 4.90 Å². The van der Waals surface area contributed by atoms with Gasteiger partial charge in [0.25, 0.3) is 5.91 Å². The van der Waals surface area contributed by atoms with E-state index < -0.39 is 11.9 Å². The number of hydrogen-bond donors (Lipinski definition) is 1. The number of rotatable bonds is 3. The van der Waals surface area contributed by atoms with Gasteiger partial charge in [-0.3, -0.25) is 9.59 Å². The SMILES string of the molecule is Cc1ccccc1NC(=O)C1CCCN1C(=O)c1cccc(F)c1. The first-order chi connectivity index (χ1) is 11.6. The van der Waals surface area contributed by atoms with E-state index in [4.69, 9.17) is 0 Å². The topological polar surface area (TPSA) is 49.4 Å². The van der Waals surface area contributed by atoms with Crippen LogP contribution in [0.25, 0.3) is 0 Å². The monoisotopic (exact) mass is 326 g/mol. The van der Waals surface area contributed by atoms with Crippen LogP contribution in [0.15, 0.2) is 48.5 Å². The van der Waals surface area contributed by atoms with Crippen LogP contribution in [0.3, 0.4) is 0 Å². The minimum Gasteiger partial charge on any atom is -0.327 e. The summed E-state index contributed by atoms with van der Waals surface area (Å²) >= 11 is 0. The molecule has 0 saturated carbocycles. The first kappa shape index (κ1) is 16.2. The molecule has 5 heteroatoms. The Morgan fingerprint density at radius 2 is 1.96 bits per heavy atom. The molecule has 2 aromatic rings. The highest BCUT2D eigenvalue weighted by Gasteiger charge is 2.34. The van der Waals surface area contributed by atoms with Crippen LogP contribution in [0.5, 0.6) is 0 Å². The van der Waals surface area contributed by atoms with E-state index in [-0.39, 0.29) is 17.4 Å². The highest BCUT2D eigenvalue weighted by atomic mass is 19.1. The number of likely N-dealkylation sites (tertiary alicyclic amines) is 1. The second-order valence-corrected chi connectivity index (χ2v) is 5.97. The molecule has 1 unspecified atom stereocenters. The van der Waals surface area contributed by atoms with E-state index in [1.165, 1.54) is 23.1 Å². The number of carbonyl (C=O) groups is 2. The number of anilines is 1. The number of benzene rings is 2. The second kappa shape index (κ2) is 6.83. The Balaban J connectivity index is 1.76. The number of hydrogen-bond acceptors (Lipinski definition) is 2. The lowest BCUT2D eigenvalue weighted by atomic mass is 10.1. The van der Waals surface area contributed by atoms with Gasteiger partial charge in [0.15, 0.2) is 0 Å². The first-order valence-corrected chi connectivity index (χ1v) is 7.99. The molecule has 1 atom stereocenters. The molecular formula is C19H19FN2O2. The molecule has 1 saturated heterocycles. The summed E-state index contributed by atoms with van der Waals surface area (Å²) in [7, 11) is 0. The van der Waals surface area contributed by atoms with E-state index in [2.05, 4.69) is 5.32 Å². The molecule has 1 N–H and O–H groups in total. The Bertz CT molecular complexity index is 775. The van der Waals surface area contributed by atoms with Gasteiger partial charge in [0.1, 0.15) is 11.9 Å². The van der Waals surface area contributed by atoms with Gasteiger partial charge in [0.05, 0.1) is 0 Å². The molecule has 1 heterocycles. The van der Waals surface area contributed by atoms with Crippen molar-refractivity contribution in [2.75, 3.05) is 11.9 Å². The summed E-state index contributed by atoms with van der Waals surface area (Å²) in [5.74, 6) is -0.968. The zero-order valence-corrected chi connectivity index (χ0v) is 13.5. The lowest BCUT2D eigenvalue weighted by molar-refractivity contribution is -0.119. The Morgan fingerprint density at radius 3 is 2.71 bits per heavy atom. The molecule has 4 nitrogen and oxygen atoms in total. The zero-order valence-electron chi connectivity index (χ0n) is 13.5. The van der Waals surface area contributed by atoms with E-state index in [0.29, 0.717) is 13.0 Å². The summed E-state index contributed by atoms with van der Waals surface area (Å²) < 4.78 is 13.4. The van der Waals surface area contributed by atoms with Crippen molar-refractivity contribution in [3.8, 4) is 0 Å². The van der Waals surface area contributed by atoms with Gasteiger partial charge in [0, 0.05) is 17.8 Å². The fourth-order valence-corrected chi connectivity index (χ4v) is 3.00. The number of carbonyl (C=O) groups excluding carboxylic acids is 2. The van der Waals surface area contributed by atoms with Gasteiger partial charge in [-0.2, -0.15) is 0 Å². The third-order valence-corrected chi connectivity index (χ3v) is 4.29. The quantitative estimate of drug-likeness (QED) is 0.940. The number of nitrogens with zero attached hydrogens (tertiary/aromatic N) is 1. The maximum atomic E-state index is 13.4. The molecule has 124 valence electrons. The van der Waals surface area contributed by atoms with Crippen LogP contribution in [-0.4, -0.2) is 29.3 Å². The van der Waals surface area contributed by atoms with Crippen LogP contribution >= 0.6 is 0 Å². The number of amides is 2. The van der Waals surface area contributed by atoms with Gasteiger partial charge in [-0.15, -0.1) is 0 Å². The summed E-state index contributed by atoms with van der Waals surface area (Å²) in [5.41, 5.74) is 1.98. The third kappa shape index (κ3) is 3.30. The van der Waals surface area contributed by atoms with Crippen LogP contribution in [0.1, 0.15) is 28.8 Å². The van der Waals surface area contributed by atoms with E-state index in [1.54, 1.807) is 6.07 Å². The van der Waals surface area contributed by atoms with Crippen molar-refractivity contribution in [3.05, 3.63) is 65.5 Å². The van der Waals surface area contributed by atoms with Gasteiger partial charge in [-0.05, 0) is 49.6 Å². The molecule has 0 spiro atoms. The summed E-state index contributed by atoms with van der Waals surface area (Å²) in [4.78, 5) is 26.7. The van der Waals surface area contributed by atoms with Crippen molar-refractivity contribution in [2.45, 2.75) is 25.8 Å². The van der Waals surface area contributed by atoms with Crippen LogP contribution < -0.4 is 5.32 Å². The molecule has 2 amide bonds. The largest absolute Gasteiger partial charge is 0.327 e. The van der Waals surface area contributed by atoms with Crippen molar-refractivity contribution in [3.63, 3.8) is 0 Å². The van der Waals surface area contributed by atoms with Gasteiger partial charge >= 0.3 is 0 Å². The molecule has 3 rings (SSSR count). The fourth-order valence-electron chi connectivity index (χ4n) is 3.00. The highest BCUT2D eigenvalue weighted by molar-refractivity contribution is 6.01. The molecule has 24 heavy (non-hydrogen) atoms. The van der Waals surface area contributed by atoms with Gasteiger partial charge < -0.3 is 10.2 Å². The molecule has 1 aliphatic rings. The van der Waals surface area contributed by atoms with Crippen molar-refractivity contribution in [2.24, 2.45) is 0 Å². The molecular weight excluding hydrogens is 307 g/mol. The van der Waals surface area contributed by atoms with Gasteiger partial charge in [-0.1, -0.05) is 24.3 Å².